The van der Waals surface area contributed by atoms with Gasteiger partial charge in [0.15, 0.2) is 0 Å². The average Bonchev–Trinajstić information content (AvgIpc) is 2.60. The molecular weight excluding hydrogens is 294 g/mol. The molecule has 0 aliphatic rings. The largest absolute Gasteiger partial charge is 0.496 e. The molecule has 0 aliphatic heterocycles. The number of amides is 1. The Bertz CT molecular complexity index is 680. The van der Waals surface area contributed by atoms with Crippen LogP contribution < -0.4 is 10.1 Å². The topological polar surface area (TPSA) is 64.6 Å². The highest BCUT2D eigenvalue weighted by Crippen LogP contribution is 2.19. The van der Waals surface area contributed by atoms with E-state index in [1.54, 1.807) is 48.5 Å². The molecule has 0 saturated carbocycles. The molecule has 0 bridgehead atoms. The highest BCUT2D eigenvalue weighted by molar-refractivity contribution is 6.06. The molecule has 2 aromatic carbocycles. The van der Waals surface area contributed by atoms with Crippen LogP contribution in [0.4, 0.5) is 5.69 Å². The van der Waals surface area contributed by atoms with Crippen molar-refractivity contribution in [2.45, 2.75) is 13.3 Å². The number of ether oxygens (including phenoxy) is 2. The first kappa shape index (κ1) is 16.5. The van der Waals surface area contributed by atoms with Crippen molar-refractivity contribution >= 4 is 17.6 Å². The van der Waals surface area contributed by atoms with Crippen LogP contribution >= 0.6 is 0 Å². The van der Waals surface area contributed by atoms with Crippen molar-refractivity contribution in [3.8, 4) is 5.75 Å². The third kappa shape index (κ3) is 4.32. The SMILES string of the molecule is CCCOC(=O)c1ccc(NC(=O)c2ccccc2OC)cc1. The number of hydrogen-bond donors (Lipinski definition) is 1. The maximum Gasteiger partial charge on any atom is 0.338 e. The number of carbonyl (C=O) groups excluding carboxylic acids is 2. The first-order valence-electron chi connectivity index (χ1n) is 7.37. The van der Waals surface area contributed by atoms with E-state index in [1.807, 2.05) is 6.92 Å². The summed E-state index contributed by atoms with van der Waals surface area (Å²) >= 11 is 0. The Morgan fingerprint density at radius 3 is 2.39 bits per heavy atom. The molecule has 120 valence electrons. The Hall–Kier alpha value is -2.82. The lowest BCUT2D eigenvalue weighted by atomic mass is 10.1. The highest BCUT2D eigenvalue weighted by Gasteiger charge is 2.12. The zero-order chi connectivity index (χ0) is 16.7. The lowest BCUT2D eigenvalue weighted by molar-refractivity contribution is 0.0505. The minimum atomic E-state index is -0.366. The maximum absolute atomic E-state index is 12.3. The maximum atomic E-state index is 12.3. The lowest BCUT2D eigenvalue weighted by Gasteiger charge is -2.09. The van der Waals surface area contributed by atoms with Gasteiger partial charge in [-0.3, -0.25) is 4.79 Å². The van der Waals surface area contributed by atoms with Gasteiger partial charge in [-0.25, -0.2) is 4.79 Å². The zero-order valence-corrected chi connectivity index (χ0v) is 13.2. The number of carbonyl (C=O) groups is 2. The molecule has 0 fully saturated rings. The molecule has 1 amide bonds. The molecule has 2 rings (SSSR count). The van der Waals surface area contributed by atoms with Crippen molar-refractivity contribution in [3.63, 3.8) is 0 Å². The summed E-state index contributed by atoms with van der Waals surface area (Å²) in [6, 6.07) is 13.5. The molecule has 0 spiro atoms. The van der Waals surface area contributed by atoms with Crippen LogP contribution in [-0.4, -0.2) is 25.6 Å². The third-order valence-corrected chi connectivity index (χ3v) is 3.17. The van der Waals surface area contributed by atoms with Gasteiger partial charge in [0.25, 0.3) is 5.91 Å². The van der Waals surface area contributed by atoms with E-state index < -0.39 is 0 Å². The van der Waals surface area contributed by atoms with E-state index in [9.17, 15) is 9.59 Å². The van der Waals surface area contributed by atoms with Crippen LogP contribution in [0.3, 0.4) is 0 Å². The van der Waals surface area contributed by atoms with E-state index in [2.05, 4.69) is 5.32 Å². The molecule has 5 heteroatoms. The fourth-order valence-electron chi connectivity index (χ4n) is 2.00. The standard InChI is InChI=1S/C18H19NO4/c1-3-12-23-18(21)13-8-10-14(11-9-13)19-17(20)15-6-4-5-7-16(15)22-2/h4-11H,3,12H2,1-2H3,(H,19,20). The van der Waals surface area contributed by atoms with Crippen LogP contribution in [0, 0.1) is 0 Å². The summed E-state index contributed by atoms with van der Waals surface area (Å²) in [5, 5.41) is 2.77. The number of esters is 1. The van der Waals surface area contributed by atoms with Crippen LogP contribution in [0.5, 0.6) is 5.75 Å². The van der Waals surface area contributed by atoms with Crippen molar-refractivity contribution in [1.29, 1.82) is 0 Å². The molecule has 0 aliphatic carbocycles. The van der Waals surface area contributed by atoms with E-state index in [0.29, 0.717) is 29.2 Å². The van der Waals surface area contributed by atoms with Crippen molar-refractivity contribution in [1.82, 2.24) is 0 Å². The normalized spacial score (nSPS) is 10.0. The monoisotopic (exact) mass is 313 g/mol. The second-order valence-electron chi connectivity index (χ2n) is 4.87. The Morgan fingerprint density at radius 1 is 1.04 bits per heavy atom. The molecule has 0 aromatic heterocycles. The number of rotatable bonds is 6. The molecule has 5 nitrogen and oxygen atoms in total. The number of anilines is 1. The van der Waals surface area contributed by atoms with E-state index in [4.69, 9.17) is 9.47 Å². The Kier molecular flexibility index (Phi) is 5.74. The highest BCUT2D eigenvalue weighted by atomic mass is 16.5. The third-order valence-electron chi connectivity index (χ3n) is 3.17. The molecule has 1 N–H and O–H groups in total. The van der Waals surface area contributed by atoms with Gasteiger partial charge in [0.2, 0.25) is 0 Å². The van der Waals surface area contributed by atoms with Gasteiger partial charge in [-0.1, -0.05) is 19.1 Å². The number of benzene rings is 2. The summed E-state index contributed by atoms with van der Waals surface area (Å²) in [7, 11) is 1.52. The quantitative estimate of drug-likeness (QED) is 0.829. The number of para-hydroxylation sites is 1. The van der Waals surface area contributed by atoms with E-state index in [1.165, 1.54) is 7.11 Å². The minimum Gasteiger partial charge on any atom is -0.496 e. The fourth-order valence-corrected chi connectivity index (χ4v) is 2.00. The summed E-state index contributed by atoms with van der Waals surface area (Å²) in [4.78, 5) is 24.0. The number of methoxy groups -OCH3 is 1. The van der Waals surface area contributed by atoms with Gasteiger partial charge in [0.05, 0.1) is 24.8 Å². The Labute approximate surface area is 135 Å². The number of nitrogens with one attached hydrogen (secondary N) is 1. The van der Waals surface area contributed by atoms with Crippen molar-refractivity contribution in [2.75, 3.05) is 19.0 Å². The van der Waals surface area contributed by atoms with Gasteiger partial charge >= 0.3 is 5.97 Å². The summed E-state index contributed by atoms with van der Waals surface area (Å²) in [5.74, 6) is -0.136. The predicted octanol–water partition coefficient (Wildman–Crippen LogP) is 3.51. The van der Waals surface area contributed by atoms with Gasteiger partial charge in [0.1, 0.15) is 5.75 Å². The fraction of sp³-hybridized carbons (Fsp3) is 0.222. The molecular formula is C18H19NO4. The van der Waals surface area contributed by atoms with Gasteiger partial charge in [0, 0.05) is 5.69 Å². The lowest BCUT2D eigenvalue weighted by Crippen LogP contribution is -2.13. The van der Waals surface area contributed by atoms with Crippen molar-refractivity contribution < 1.29 is 19.1 Å². The Balaban J connectivity index is 2.06. The van der Waals surface area contributed by atoms with Gasteiger partial charge < -0.3 is 14.8 Å². The summed E-state index contributed by atoms with van der Waals surface area (Å²) in [5.41, 5.74) is 1.49. The van der Waals surface area contributed by atoms with Crippen LogP contribution in [0.1, 0.15) is 34.1 Å². The Morgan fingerprint density at radius 2 is 1.74 bits per heavy atom. The van der Waals surface area contributed by atoms with Crippen LogP contribution in [0.2, 0.25) is 0 Å². The molecule has 0 saturated heterocycles. The van der Waals surface area contributed by atoms with Gasteiger partial charge in [-0.05, 0) is 42.8 Å². The summed E-state index contributed by atoms with van der Waals surface area (Å²) < 4.78 is 10.2. The second-order valence-corrected chi connectivity index (χ2v) is 4.87. The van der Waals surface area contributed by atoms with Crippen molar-refractivity contribution in [2.24, 2.45) is 0 Å². The predicted molar refractivity (Wildman–Crippen MR) is 88.0 cm³/mol. The molecule has 23 heavy (non-hydrogen) atoms. The molecule has 2 aromatic rings. The van der Waals surface area contributed by atoms with Gasteiger partial charge in [-0.15, -0.1) is 0 Å². The zero-order valence-electron chi connectivity index (χ0n) is 13.2. The van der Waals surface area contributed by atoms with Crippen LogP contribution in [0.25, 0.3) is 0 Å². The smallest absolute Gasteiger partial charge is 0.338 e. The number of hydrogen-bond acceptors (Lipinski definition) is 4. The first-order valence-corrected chi connectivity index (χ1v) is 7.37. The van der Waals surface area contributed by atoms with Gasteiger partial charge in [-0.2, -0.15) is 0 Å². The van der Waals surface area contributed by atoms with E-state index >= 15 is 0 Å². The first-order chi connectivity index (χ1) is 11.2. The van der Waals surface area contributed by atoms with Crippen molar-refractivity contribution in [3.05, 3.63) is 59.7 Å². The second kappa shape index (κ2) is 7.98. The molecule has 0 unspecified atom stereocenters. The van der Waals surface area contributed by atoms with E-state index in [-0.39, 0.29) is 11.9 Å². The molecule has 0 heterocycles. The molecule has 0 atom stereocenters. The van der Waals surface area contributed by atoms with E-state index in [0.717, 1.165) is 6.42 Å². The molecule has 0 radical (unpaired) electrons. The summed E-state index contributed by atoms with van der Waals surface area (Å²) in [6.45, 7) is 2.33. The average molecular weight is 313 g/mol. The van der Waals surface area contributed by atoms with Crippen LogP contribution in [0.15, 0.2) is 48.5 Å². The minimum absolute atomic E-state index is 0.274. The van der Waals surface area contributed by atoms with Crippen LogP contribution in [-0.2, 0) is 4.74 Å². The summed E-state index contributed by atoms with van der Waals surface area (Å²) in [6.07, 6.45) is 0.777.